The van der Waals surface area contributed by atoms with Crippen molar-refractivity contribution in [3.8, 4) is 5.75 Å². The van der Waals surface area contributed by atoms with E-state index in [9.17, 15) is 58.2 Å². The number of aliphatic hydroxyl groups excluding tert-OH is 2. The minimum atomic E-state index is -1.78. The Morgan fingerprint density at radius 1 is 0.842 bits per heavy atom. The van der Waals surface area contributed by atoms with Crippen molar-refractivity contribution in [3.05, 3.63) is 29.8 Å². The van der Waals surface area contributed by atoms with Gasteiger partial charge in [0.15, 0.2) is 11.9 Å². The van der Waals surface area contributed by atoms with Crippen LogP contribution in [0.2, 0.25) is 0 Å². The van der Waals surface area contributed by atoms with Crippen LogP contribution in [0.25, 0.3) is 0 Å². The third-order valence-corrected chi connectivity index (χ3v) is 14.0. The molecule has 2 aliphatic rings. The molecule has 13 atom stereocenters. The van der Waals surface area contributed by atoms with Crippen LogP contribution in [0.5, 0.6) is 5.75 Å². The zero-order valence-corrected chi connectivity index (χ0v) is 46.8. The molecule has 3 rings (SSSR count). The van der Waals surface area contributed by atoms with Crippen LogP contribution in [-0.2, 0) is 63.8 Å². The van der Waals surface area contributed by atoms with Gasteiger partial charge >= 0.3 is 11.9 Å². The molecule has 7 amide bonds. The molecule has 2 saturated heterocycles. The Balaban J connectivity index is 2.25. The van der Waals surface area contributed by atoms with Gasteiger partial charge in [0, 0.05) is 20.0 Å². The molecule has 1 aromatic rings. The number of ether oxygens (including phenoxy) is 3. The van der Waals surface area contributed by atoms with Gasteiger partial charge in [-0.15, -0.1) is 0 Å². The van der Waals surface area contributed by atoms with Crippen molar-refractivity contribution in [2.75, 3.05) is 20.7 Å². The Kier molecular flexibility index (Phi) is 24.8. The minimum Gasteiger partial charge on any atom is -0.497 e. The lowest BCUT2D eigenvalue weighted by Crippen LogP contribution is -2.62. The van der Waals surface area contributed by atoms with Crippen LogP contribution in [0, 0.1) is 29.6 Å². The summed E-state index contributed by atoms with van der Waals surface area (Å²) in [6.07, 6.45) is -5.92. The number of likely N-dealkylation sites (N-methyl/N-ethyl adjacent to an activating group) is 1. The fourth-order valence-corrected chi connectivity index (χ4v) is 9.18. The van der Waals surface area contributed by atoms with Crippen LogP contribution in [0.3, 0.4) is 0 Å². The van der Waals surface area contributed by atoms with Gasteiger partial charge in [0.2, 0.25) is 41.4 Å². The monoisotopic (exact) mass is 1070 g/mol. The normalized spacial score (nSPS) is 26.5. The first-order valence-electron chi connectivity index (χ1n) is 26.5. The zero-order chi connectivity index (χ0) is 57.5. The van der Waals surface area contributed by atoms with E-state index < -0.39 is 150 Å². The standard InChI is InChI=1S/C54H85N7O15/c1-15-30(8)43-41(63)26-42(64)76-46(29(6)7)45(65)31(9)47(66)56-37(23-27(2)3)53(72)61-22-16-17-39(61)49(68)57-38(25-35-18-20-36(74-14)21-19-35)54(73)75-34(12)44(51(70)58-43)59-50(69)40(24-28(4)5)60(13)52(71)32(10)55-48(67)33(11)62/h18-21,27-34,37-41,43-44,46,62-63H,15-17,22-26H2,1-14H3,(H,55,67)(H,56,66)(H,57,68)(H,58,70)(H,59,69)/t30-,31-,32-,33-,34+,37-,38-,39-,40+,41-,43-,44+,46-/m0/s1. The van der Waals surface area contributed by atoms with E-state index in [1.54, 1.807) is 65.8 Å². The SMILES string of the molecule is CC[C@H](C)[C@@H]1NC(=O)[C@H](NC(=O)[C@@H](CC(C)C)N(C)C(=O)[C@H](C)NC(=O)[C@H](C)O)[C@@H](C)OC(=O)[C@H](Cc2ccc(OC)cc2)NC(=O)[C@@H]2CCCN2C(=O)[C@H](CC(C)C)NC(=O)[C@@H](C)C(=O)[C@H](C(C)C)OC(=O)C[C@@H]1O. The molecule has 2 fully saturated rings. The van der Waals surface area contributed by atoms with Crippen molar-refractivity contribution in [1.82, 2.24) is 36.4 Å². The molecule has 0 radical (unpaired) electrons. The number of carbonyl (C=O) groups excluding carboxylic acids is 10. The topological polar surface area (TPSA) is 305 Å². The lowest BCUT2D eigenvalue weighted by molar-refractivity contribution is -0.162. The van der Waals surface area contributed by atoms with Gasteiger partial charge in [0.1, 0.15) is 54.2 Å². The summed E-state index contributed by atoms with van der Waals surface area (Å²) < 4.78 is 17.0. The number of ketones is 1. The first kappa shape index (κ1) is 64.1. The first-order valence-corrected chi connectivity index (χ1v) is 26.5. The maximum atomic E-state index is 14.8. The number of esters is 2. The largest absolute Gasteiger partial charge is 0.497 e. The van der Waals surface area contributed by atoms with Crippen molar-refractivity contribution in [2.24, 2.45) is 29.6 Å². The highest BCUT2D eigenvalue weighted by Gasteiger charge is 2.43. The number of rotatable bonds is 16. The molecular formula is C54H85N7O15. The second kappa shape index (κ2) is 29.4. The number of nitrogens with one attached hydrogen (secondary N) is 5. The molecule has 2 heterocycles. The van der Waals surface area contributed by atoms with E-state index in [2.05, 4.69) is 26.6 Å². The second-order valence-electron chi connectivity index (χ2n) is 21.6. The van der Waals surface area contributed by atoms with Crippen LogP contribution in [0.15, 0.2) is 24.3 Å². The second-order valence-corrected chi connectivity index (χ2v) is 21.6. The van der Waals surface area contributed by atoms with Gasteiger partial charge in [-0.25, -0.2) is 4.79 Å². The van der Waals surface area contributed by atoms with Crippen LogP contribution < -0.4 is 31.3 Å². The van der Waals surface area contributed by atoms with Gasteiger partial charge in [-0.2, -0.15) is 0 Å². The van der Waals surface area contributed by atoms with E-state index in [1.807, 2.05) is 13.8 Å². The summed E-state index contributed by atoms with van der Waals surface area (Å²) in [6.45, 7) is 19.3. The molecule has 2 aliphatic heterocycles. The summed E-state index contributed by atoms with van der Waals surface area (Å²) in [5, 5.41) is 34.8. The molecule has 426 valence electrons. The van der Waals surface area contributed by atoms with Gasteiger partial charge < -0.3 is 60.8 Å². The fraction of sp³-hybridized carbons (Fsp3) is 0.704. The van der Waals surface area contributed by atoms with Crippen LogP contribution in [0.4, 0.5) is 0 Å². The van der Waals surface area contributed by atoms with Crippen molar-refractivity contribution >= 4 is 59.1 Å². The van der Waals surface area contributed by atoms with E-state index in [-0.39, 0.29) is 44.1 Å². The summed E-state index contributed by atoms with van der Waals surface area (Å²) in [5.74, 6) is -10.9. The van der Waals surface area contributed by atoms with Crippen molar-refractivity contribution in [2.45, 2.75) is 195 Å². The number of aliphatic hydroxyl groups is 2. The smallest absolute Gasteiger partial charge is 0.329 e. The van der Waals surface area contributed by atoms with Crippen molar-refractivity contribution in [3.63, 3.8) is 0 Å². The van der Waals surface area contributed by atoms with Crippen LogP contribution in [0.1, 0.15) is 127 Å². The predicted molar refractivity (Wildman–Crippen MR) is 278 cm³/mol. The molecule has 76 heavy (non-hydrogen) atoms. The van der Waals surface area contributed by atoms with Gasteiger partial charge in [-0.05, 0) is 94.7 Å². The first-order chi connectivity index (χ1) is 35.5. The number of benzene rings is 1. The van der Waals surface area contributed by atoms with Crippen molar-refractivity contribution in [1.29, 1.82) is 0 Å². The lowest BCUT2D eigenvalue weighted by Gasteiger charge is -2.35. The van der Waals surface area contributed by atoms with Crippen molar-refractivity contribution < 1.29 is 72.4 Å². The Morgan fingerprint density at radius 3 is 2.01 bits per heavy atom. The van der Waals surface area contributed by atoms with Crippen LogP contribution >= 0.6 is 0 Å². The lowest BCUT2D eigenvalue weighted by atomic mass is 9.91. The van der Waals surface area contributed by atoms with E-state index in [0.717, 1.165) is 4.90 Å². The molecule has 0 bridgehead atoms. The van der Waals surface area contributed by atoms with E-state index in [4.69, 9.17) is 14.2 Å². The maximum absolute atomic E-state index is 14.8. The fourth-order valence-electron chi connectivity index (χ4n) is 9.18. The van der Waals surface area contributed by atoms with E-state index in [1.165, 1.54) is 46.8 Å². The summed E-state index contributed by atoms with van der Waals surface area (Å²) >= 11 is 0. The zero-order valence-electron chi connectivity index (χ0n) is 46.8. The van der Waals surface area contributed by atoms with Gasteiger partial charge in [-0.1, -0.05) is 73.9 Å². The maximum Gasteiger partial charge on any atom is 0.329 e. The minimum absolute atomic E-state index is 0.0434. The number of methoxy groups -OCH3 is 1. The average molecular weight is 1070 g/mol. The number of hydrogen-bond acceptors (Lipinski definition) is 15. The average Bonchev–Trinajstić information content (AvgIpc) is 3.86. The highest BCUT2D eigenvalue weighted by Crippen LogP contribution is 2.24. The molecule has 0 unspecified atom stereocenters. The Bertz CT molecular complexity index is 2200. The molecular weight excluding hydrogens is 987 g/mol. The molecule has 0 spiro atoms. The third-order valence-electron chi connectivity index (χ3n) is 14.0. The number of amides is 7. The highest BCUT2D eigenvalue weighted by atomic mass is 16.6. The summed E-state index contributed by atoms with van der Waals surface area (Å²) in [4.78, 5) is 143. The van der Waals surface area contributed by atoms with Crippen LogP contribution in [-0.4, -0.2) is 166 Å². The molecule has 0 saturated carbocycles. The summed E-state index contributed by atoms with van der Waals surface area (Å²) in [5.41, 5.74) is 0.546. The number of hydrogen-bond donors (Lipinski definition) is 7. The Morgan fingerprint density at radius 2 is 1.46 bits per heavy atom. The number of fused-ring (bicyclic) bond motifs is 1. The molecule has 0 aliphatic carbocycles. The number of nitrogens with zero attached hydrogens (tertiary/aromatic N) is 2. The van der Waals surface area contributed by atoms with Gasteiger partial charge in [0.25, 0.3) is 0 Å². The molecule has 22 heteroatoms. The summed E-state index contributed by atoms with van der Waals surface area (Å²) in [6, 6.07) is -2.62. The predicted octanol–water partition coefficient (Wildman–Crippen LogP) is 1.49. The quantitative estimate of drug-likeness (QED) is 0.0912. The third kappa shape index (κ3) is 18.0. The Hall–Kier alpha value is -6.16. The van der Waals surface area contributed by atoms with Gasteiger partial charge in [-0.3, -0.25) is 43.2 Å². The Labute approximate surface area is 447 Å². The number of Topliss-reactive ketones (excluding diaryl/α,β-unsaturated/α-hetero) is 1. The highest BCUT2D eigenvalue weighted by molar-refractivity contribution is 6.05. The molecule has 1 aromatic carbocycles. The molecule has 7 N–H and O–H groups in total. The number of cyclic esters (lactones) is 2. The molecule has 22 nitrogen and oxygen atoms in total. The van der Waals surface area contributed by atoms with Gasteiger partial charge in [0.05, 0.1) is 31.6 Å². The number of carbonyl (C=O) groups is 10. The van der Waals surface area contributed by atoms with E-state index in [0.29, 0.717) is 24.2 Å². The summed E-state index contributed by atoms with van der Waals surface area (Å²) in [7, 11) is 2.81. The molecule has 0 aromatic heterocycles. The van der Waals surface area contributed by atoms with E-state index >= 15 is 0 Å².